The molecule has 3 aliphatic rings. The number of nitrogens with two attached hydrogens (primary N) is 2. The summed E-state index contributed by atoms with van der Waals surface area (Å²) in [5.41, 5.74) is 8.35. The molecule has 5 rings (SSSR count). The number of hydrazine groups is 1. The van der Waals surface area contributed by atoms with Gasteiger partial charge in [0.05, 0.1) is 12.9 Å². The maximum absolute atomic E-state index is 12.1. The van der Waals surface area contributed by atoms with Crippen LogP contribution in [0.5, 0.6) is 0 Å². The molecule has 3 aliphatic heterocycles. The third-order valence-corrected chi connectivity index (χ3v) is 8.30. The normalized spacial score (nSPS) is 31.1. The molecule has 0 aromatic carbocycles. The topological polar surface area (TPSA) is 367 Å². The molecule has 0 spiro atoms. The number of carbonyl (C=O) groups is 1. The van der Waals surface area contributed by atoms with Crippen LogP contribution in [-0.2, 0) is 56.9 Å². The van der Waals surface area contributed by atoms with E-state index < -0.39 is 83.8 Å². The number of aliphatic hydroxyl groups excluding tert-OH is 4. The predicted octanol–water partition coefficient (Wildman–Crippen LogP) is -3.80. The lowest BCUT2D eigenvalue weighted by Gasteiger charge is -2.30. The highest BCUT2D eigenvalue weighted by molar-refractivity contribution is 7.47. The molecular formula is C21H30N8O18P2. The van der Waals surface area contributed by atoms with E-state index in [2.05, 4.69) is 48.5 Å². The smallest absolute Gasteiger partial charge is 0.387 e. The fraction of sp³-hybridized carbons (Fsp3) is 0.524. The molecule has 0 saturated carbocycles. The van der Waals surface area contributed by atoms with Crippen LogP contribution in [0.2, 0.25) is 0 Å². The summed E-state index contributed by atoms with van der Waals surface area (Å²) in [5, 5.41) is 49.3. The van der Waals surface area contributed by atoms with E-state index in [4.69, 9.17) is 21.1 Å². The minimum Gasteiger partial charge on any atom is -0.387 e. The van der Waals surface area contributed by atoms with Crippen LogP contribution in [0.15, 0.2) is 36.6 Å². The van der Waals surface area contributed by atoms with Gasteiger partial charge < -0.3 is 45.4 Å². The minimum absolute atomic E-state index is 0.0663. The highest BCUT2D eigenvalue weighted by Gasteiger charge is 2.47. The molecule has 10 atom stereocenters. The van der Waals surface area contributed by atoms with Gasteiger partial charge in [-0.15, -0.1) is 0 Å². The van der Waals surface area contributed by atoms with Crippen LogP contribution in [0.3, 0.4) is 0 Å². The lowest BCUT2D eigenvalue weighted by Crippen LogP contribution is -2.42. The van der Waals surface area contributed by atoms with Gasteiger partial charge in [0.15, 0.2) is 23.9 Å². The van der Waals surface area contributed by atoms with Crippen molar-refractivity contribution in [3.05, 3.63) is 36.6 Å². The molecule has 28 heteroatoms. The van der Waals surface area contributed by atoms with Gasteiger partial charge in [0.1, 0.15) is 55.1 Å². The first-order valence-corrected chi connectivity index (χ1v) is 16.6. The monoisotopic (exact) mass is 744 g/mol. The Balaban J connectivity index is 1.01. The highest BCUT2D eigenvalue weighted by atomic mass is 31.2. The maximum Gasteiger partial charge on any atom is 0.531 e. The van der Waals surface area contributed by atoms with Crippen LogP contribution >= 0.6 is 15.6 Å². The van der Waals surface area contributed by atoms with E-state index in [9.17, 15) is 44.1 Å². The summed E-state index contributed by atoms with van der Waals surface area (Å²) < 4.78 is 52.7. The number of imidazole rings is 1. The van der Waals surface area contributed by atoms with Crippen LogP contribution in [0, 0.1) is 0 Å². The number of anilines is 1. The van der Waals surface area contributed by atoms with Gasteiger partial charge in [-0.1, -0.05) is 25.1 Å². The molecule has 1 amide bonds. The van der Waals surface area contributed by atoms with Gasteiger partial charge >= 0.3 is 15.6 Å². The van der Waals surface area contributed by atoms with Gasteiger partial charge in [-0.25, -0.2) is 34.8 Å². The summed E-state index contributed by atoms with van der Waals surface area (Å²) in [5.74, 6) is 4.59. The third-order valence-electron chi connectivity index (χ3n) is 7.08. The molecule has 2 aromatic heterocycles. The zero-order chi connectivity index (χ0) is 35.5. The first-order valence-electron chi connectivity index (χ1n) is 13.7. The molecule has 2 fully saturated rings. The second kappa shape index (κ2) is 15.4. The number of hydrogen-bond donors (Lipinski definition) is 9. The molecule has 0 aliphatic carbocycles. The predicted molar refractivity (Wildman–Crippen MR) is 150 cm³/mol. The molecule has 2 unspecified atom stereocenters. The molecule has 2 aromatic rings. The number of aliphatic hydroxyl groups is 4. The third kappa shape index (κ3) is 8.63. The highest BCUT2D eigenvalue weighted by Crippen LogP contribution is 2.49. The number of carbonyl (C=O) groups excluding carboxylic acids is 1. The van der Waals surface area contributed by atoms with Crippen molar-refractivity contribution in [3.63, 3.8) is 0 Å². The summed E-state index contributed by atoms with van der Waals surface area (Å²) in [7, 11) is -10.6. The Hall–Kier alpha value is -3.08. The zero-order valence-electron chi connectivity index (χ0n) is 24.5. The fourth-order valence-corrected chi connectivity index (χ4v) is 5.48. The van der Waals surface area contributed by atoms with Crippen molar-refractivity contribution in [2.45, 2.75) is 49.1 Å². The first-order chi connectivity index (χ1) is 23.2. The van der Waals surface area contributed by atoms with Crippen LogP contribution < -0.4 is 17.0 Å². The molecule has 26 nitrogen and oxygen atoms in total. The van der Waals surface area contributed by atoms with Gasteiger partial charge in [-0.05, 0) is 11.1 Å². The number of nitrogen functional groups attached to an aromatic ring is 1. The van der Waals surface area contributed by atoms with Crippen LogP contribution in [0.25, 0.3) is 11.2 Å². The van der Waals surface area contributed by atoms with Crippen molar-refractivity contribution in [1.29, 1.82) is 0 Å². The molecule has 0 bridgehead atoms. The fourth-order valence-electron chi connectivity index (χ4n) is 4.69. The van der Waals surface area contributed by atoms with Crippen LogP contribution in [-0.4, -0.2) is 123 Å². The first kappa shape index (κ1) is 37.2. The Morgan fingerprint density at radius 3 is 2.29 bits per heavy atom. The number of hydrogen-bond acceptors (Lipinski definition) is 22. The number of nitrogens with zero attached hydrogens (tertiary/aromatic N) is 5. The summed E-state index contributed by atoms with van der Waals surface area (Å²) in [6, 6.07) is 0. The molecule has 0 radical (unpaired) electrons. The number of phosphoric acid groups is 2. The van der Waals surface area contributed by atoms with Crippen LogP contribution in [0.1, 0.15) is 6.23 Å². The van der Waals surface area contributed by atoms with E-state index >= 15 is 0 Å². The lowest BCUT2D eigenvalue weighted by molar-refractivity contribution is -0.494. The Morgan fingerprint density at radius 2 is 1.59 bits per heavy atom. The molecule has 2 saturated heterocycles. The number of aromatic nitrogens is 4. The van der Waals surface area contributed by atoms with Crippen molar-refractivity contribution in [3.8, 4) is 0 Å². The van der Waals surface area contributed by atoms with E-state index in [1.165, 1.54) is 34.1 Å². The number of ether oxygens (including phenoxy) is 2. The van der Waals surface area contributed by atoms with Crippen molar-refractivity contribution in [2.24, 2.45) is 5.84 Å². The Bertz CT molecular complexity index is 1650. The van der Waals surface area contributed by atoms with E-state index in [1.54, 1.807) is 0 Å². The maximum atomic E-state index is 12.1. The van der Waals surface area contributed by atoms with Gasteiger partial charge in [-0.3, -0.25) is 24.2 Å². The summed E-state index contributed by atoms with van der Waals surface area (Å²) >= 11 is 0. The Morgan fingerprint density at radius 1 is 0.939 bits per heavy atom. The molecule has 5 heterocycles. The number of phosphoric ester groups is 1. The van der Waals surface area contributed by atoms with Gasteiger partial charge in [0.25, 0.3) is 5.91 Å². The zero-order valence-corrected chi connectivity index (χ0v) is 26.3. The summed E-state index contributed by atoms with van der Waals surface area (Å²) in [4.78, 5) is 48.8. The van der Waals surface area contributed by atoms with E-state index in [0.29, 0.717) is 0 Å². The second-order valence-electron chi connectivity index (χ2n) is 10.2. The van der Waals surface area contributed by atoms with Crippen LogP contribution in [0.4, 0.5) is 5.82 Å². The SMILES string of the molecule is NNC(=O)C1=CCN([C@@H]2O[C@H](COP(=O)(O)OOOP(=O)(O)OOOC[C@H]3O[C@@H](n4cnc5c(N)ncnc54)[C@H](O)[C@H]3O)[C@@H](O)[C@H]2O)C=C1. The summed E-state index contributed by atoms with van der Waals surface area (Å²) in [6.07, 6.45) is -4.57. The molecular weight excluding hydrogens is 714 g/mol. The number of nitrogens with one attached hydrogen (secondary N) is 1. The van der Waals surface area contributed by atoms with Crippen molar-refractivity contribution >= 4 is 38.5 Å². The quantitative estimate of drug-likeness (QED) is 0.0211. The average molecular weight is 744 g/mol. The van der Waals surface area contributed by atoms with Crippen molar-refractivity contribution < 1.29 is 87.1 Å². The van der Waals surface area contributed by atoms with Gasteiger partial charge in [0, 0.05) is 18.3 Å². The standard InChI is InChI=1S/C21H30N8O18P2/c22-17-12-18(25-7-24-17)29(8-26-12)21-16(33)13(30)10(42-21)5-39-43-45-49(37,38)47-44-46-48(35,36)40-6-11-14(31)15(32)20(41-11)28-3-1-9(2-4-28)19(34)27-23/h1-3,7-8,10-11,13-16,20-21,30-33H,4-6,23H2,(H,27,34)(H,35,36)(H,37,38)(H2,22,24,25)/t10-,11-,13+,14-,15-,16-,20-,21-/m1/s1. The molecule has 272 valence electrons. The van der Waals surface area contributed by atoms with E-state index in [-0.39, 0.29) is 29.1 Å². The Kier molecular flexibility index (Phi) is 11.7. The number of fused-ring (bicyclic) bond motifs is 1. The number of rotatable bonds is 15. The van der Waals surface area contributed by atoms with E-state index in [1.807, 2.05) is 5.43 Å². The molecule has 49 heavy (non-hydrogen) atoms. The minimum atomic E-state index is -5.37. The van der Waals surface area contributed by atoms with E-state index in [0.717, 1.165) is 6.33 Å². The largest absolute Gasteiger partial charge is 0.531 e. The molecule has 11 N–H and O–H groups in total. The second-order valence-corrected chi connectivity index (χ2v) is 12.8. The van der Waals surface area contributed by atoms with Gasteiger partial charge in [-0.2, -0.15) is 0 Å². The van der Waals surface area contributed by atoms with Crippen molar-refractivity contribution in [1.82, 2.24) is 29.8 Å². The lowest BCUT2D eigenvalue weighted by atomic mass is 10.1. The Labute approximate surface area is 272 Å². The van der Waals surface area contributed by atoms with Crippen molar-refractivity contribution in [2.75, 3.05) is 25.5 Å². The average Bonchev–Trinajstić information content (AvgIpc) is 3.72. The van der Waals surface area contributed by atoms with Gasteiger partial charge in [0.2, 0.25) is 0 Å². The number of amides is 1. The summed E-state index contributed by atoms with van der Waals surface area (Å²) in [6.45, 7) is -1.46.